The number of benzene rings is 1. The van der Waals surface area contributed by atoms with Crippen molar-refractivity contribution in [1.29, 1.82) is 0 Å². The van der Waals surface area contributed by atoms with E-state index in [4.69, 9.17) is 0 Å². The first-order chi connectivity index (χ1) is 11.6. The van der Waals surface area contributed by atoms with Gasteiger partial charge in [-0.15, -0.1) is 0 Å². The van der Waals surface area contributed by atoms with Crippen molar-refractivity contribution in [2.24, 2.45) is 5.92 Å². The Morgan fingerprint density at radius 2 is 1.76 bits per heavy atom. The van der Waals surface area contributed by atoms with E-state index in [0.717, 1.165) is 0 Å². The fourth-order valence-electron chi connectivity index (χ4n) is 1.91. The molecule has 0 aromatic heterocycles. The highest BCUT2D eigenvalue weighted by Crippen LogP contribution is 2.42. The molecule has 4 N–H and O–H groups in total. The maximum Gasteiger partial charge on any atom is 0.279 e. The molecule has 2 amide bonds. The van der Waals surface area contributed by atoms with Crippen LogP contribution in [0.5, 0.6) is 0 Å². The molecular formula is C16H26N3O4PS. The first-order valence-corrected chi connectivity index (χ1v) is 10.3. The third-order valence-electron chi connectivity index (χ3n) is 3.28. The van der Waals surface area contributed by atoms with Crippen molar-refractivity contribution in [2.45, 2.75) is 32.2 Å². The summed E-state index contributed by atoms with van der Waals surface area (Å²) in [6.45, 7) is 5.82. The van der Waals surface area contributed by atoms with Gasteiger partial charge in [0.15, 0.2) is 0 Å². The standard InChI is InChI=1S/C16H26N3O4PS/c1-11(2)10-15(20)19-14-6-4-13(5-7-14)16(21)17-8-9-18-24(22,23)12(3)25/h4-7,11-12,25H,8-10H2,1-3H3,(H,17,21)(H,19,20)(H2,18,22,23). The van der Waals surface area contributed by atoms with Gasteiger partial charge in [-0.05, 0) is 37.1 Å². The molecule has 0 bridgehead atoms. The Balaban J connectivity index is 2.44. The van der Waals surface area contributed by atoms with Crippen LogP contribution in [0.4, 0.5) is 5.69 Å². The molecule has 2 atom stereocenters. The van der Waals surface area contributed by atoms with Crippen molar-refractivity contribution in [3.63, 3.8) is 0 Å². The second-order valence-electron chi connectivity index (χ2n) is 6.14. The molecule has 0 spiro atoms. The molecule has 0 saturated carbocycles. The summed E-state index contributed by atoms with van der Waals surface area (Å²) in [4.78, 5) is 32.6. The number of anilines is 1. The molecule has 140 valence electrons. The Morgan fingerprint density at radius 1 is 1.16 bits per heavy atom. The zero-order valence-corrected chi connectivity index (χ0v) is 16.4. The number of rotatable bonds is 9. The third-order valence-corrected chi connectivity index (χ3v) is 5.91. The molecule has 0 aliphatic carbocycles. The van der Waals surface area contributed by atoms with Gasteiger partial charge in [-0.3, -0.25) is 14.2 Å². The van der Waals surface area contributed by atoms with Gasteiger partial charge in [-0.1, -0.05) is 13.8 Å². The highest BCUT2D eigenvalue weighted by molar-refractivity contribution is 7.90. The molecule has 0 radical (unpaired) electrons. The van der Waals surface area contributed by atoms with Crippen LogP contribution in [-0.4, -0.2) is 34.8 Å². The van der Waals surface area contributed by atoms with Gasteiger partial charge in [0.25, 0.3) is 13.4 Å². The normalized spacial score (nSPS) is 14.6. The molecule has 0 heterocycles. The summed E-state index contributed by atoms with van der Waals surface area (Å²) in [5.74, 6) is -0.0860. The molecular weight excluding hydrogens is 361 g/mol. The largest absolute Gasteiger partial charge is 0.351 e. The lowest BCUT2D eigenvalue weighted by Gasteiger charge is -2.16. The fourth-order valence-corrected chi connectivity index (χ4v) is 2.86. The van der Waals surface area contributed by atoms with E-state index in [1.165, 1.54) is 6.92 Å². The first-order valence-electron chi connectivity index (χ1n) is 8.05. The second-order valence-corrected chi connectivity index (χ2v) is 9.66. The quantitative estimate of drug-likeness (QED) is 0.254. The van der Waals surface area contributed by atoms with Crippen LogP contribution in [0, 0.1) is 5.92 Å². The van der Waals surface area contributed by atoms with Crippen LogP contribution in [-0.2, 0) is 9.36 Å². The van der Waals surface area contributed by atoms with Gasteiger partial charge in [0.1, 0.15) is 0 Å². The number of carbonyl (C=O) groups is 2. The molecule has 1 aromatic rings. The van der Waals surface area contributed by atoms with Crippen LogP contribution in [0.1, 0.15) is 37.6 Å². The van der Waals surface area contributed by atoms with Crippen molar-refractivity contribution in [2.75, 3.05) is 18.4 Å². The molecule has 2 unspecified atom stereocenters. The maximum atomic E-state index is 12.0. The lowest BCUT2D eigenvalue weighted by atomic mass is 10.1. The number of hydrogen-bond acceptors (Lipinski definition) is 4. The Labute approximate surface area is 153 Å². The van der Waals surface area contributed by atoms with E-state index < -0.39 is 12.5 Å². The van der Waals surface area contributed by atoms with Gasteiger partial charge >= 0.3 is 0 Å². The smallest absolute Gasteiger partial charge is 0.279 e. The Morgan fingerprint density at radius 3 is 2.28 bits per heavy atom. The number of carbonyl (C=O) groups excluding carboxylic acids is 2. The molecule has 0 saturated heterocycles. The predicted molar refractivity (Wildman–Crippen MR) is 103 cm³/mol. The van der Waals surface area contributed by atoms with E-state index in [0.29, 0.717) is 17.7 Å². The van der Waals surface area contributed by atoms with E-state index in [2.05, 4.69) is 28.3 Å². The van der Waals surface area contributed by atoms with Gasteiger partial charge in [0.2, 0.25) is 5.91 Å². The monoisotopic (exact) mass is 387 g/mol. The molecule has 1 aromatic carbocycles. The summed E-state index contributed by atoms with van der Waals surface area (Å²) in [7, 11) is -3.50. The van der Waals surface area contributed by atoms with Crippen LogP contribution in [0.15, 0.2) is 24.3 Å². The molecule has 7 nitrogen and oxygen atoms in total. The van der Waals surface area contributed by atoms with Crippen molar-refractivity contribution in [1.82, 2.24) is 10.4 Å². The zero-order chi connectivity index (χ0) is 19.0. The van der Waals surface area contributed by atoms with Crippen molar-refractivity contribution >= 4 is 37.7 Å². The van der Waals surface area contributed by atoms with E-state index >= 15 is 0 Å². The van der Waals surface area contributed by atoms with Gasteiger partial charge in [-0.25, -0.2) is 5.09 Å². The maximum absolute atomic E-state index is 12.0. The molecule has 0 fully saturated rings. The van der Waals surface area contributed by atoms with Crippen molar-refractivity contribution in [3.8, 4) is 0 Å². The summed E-state index contributed by atoms with van der Waals surface area (Å²) in [6.07, 6.45) is 0.439. The van der Waals surface area contributed by atoms with E-state index in [-0.39, 0.29) is 30.8 Å². The van der Waals surface area contributed by atoms with Crippen LogP contribution in [0.3, 0.4) is 0 Å². The van der Waals surface area contributed by atoms with Crippen LogP contribution in [0.2, 0.25) is 0 Å². The van der Waals surface area contributed by atoms with Crippen LogP contribution >= 0.6 is 20.1 Å². The van der Waals surface area contributed by atoms with Gasteiger partial charge < -0.3 is 15.5 Å². The molecule has 0 aliphatic rings. The van der Waals surface area contributed by atoms with Crippen molar-refractivity contribution < 1.29 is 19.0 Å². The minimum Gasteiger partial charge on any atom is -0.351 e. The molecule has 25 heavy (non-hydrogen) atoms. The van der Waals surface area contributed by atoms with E-state index in [1.54, 1.807) is 24.3 Å². The zero-order valence-electron chi connectivity index (χ0n) is 14.7. The molecule has 0 aliphatic heterocycles. The Bertz CT molecular complexity index is 635. The predicted octanol–water partition coefficient (Wildman–Crippen LogP) is 2.45. The lowest BCUT2D eigenvalue weighted by Crippen LogP contribution is -2.31. The summed E-state index contributed by atoms with van der Waals surface area (Å²) in [6, 6.07) is 6.55. The topological polar surface area (TPSA) is 108 Å². The average Bonchev–Trinajstić information content (AvgIpc) is 2.51. The molecule has 1 rings (SSSR count). The lowest BCUT2D eigenvalue weighted by molar-refractivity contribution is -0.116. The third kappa shape index (κ3) is 8.05. The molecule has 9 heteroatoms. The minimum atomic E-state index is -3.50. The highest BCUT2D eigenvalue weighted by atomic mass is 32.1. The van der Waals surface area contributed by atoms with Gasteiger partial charge in [0.05, 0.1) is 4.99 Å². The number of thiol groups is 1. The van der Waals surface area contributed by atoms with Crippen LogP contribution < -0.4 is 15.7 Å². The Kier molecular flexibility index (Phi) is 8.65. The van der Waals surface area contributed by atoms with Gasteiger partial charge in [-0.2, -0.15) is 12.6 Å². The van der Waals surface area contributed by atoms with Crippen LogP contribution in [0.25, 0.3) is 0 Å². The average molecular weight is 387 g/mol. The summed E-state index contributed by atoms with van der Waals surface area (Å²) in [5.41, 5.74) is 1.07. The summed E-state index contributed by atoms with van der Waals surface area (Å²) >= 11 is 3.94. The van der Waals surface area contributed by atoms with E-state index in [9.17, 15) is 19.0 Å². The van der Waals surface area contributed by atoms with Gasteiger partial charge in [0, 0.05) is 30.8 Å². The Hall–Kier alpha value is -1.34. The summed E-state index contributed by atoms with van der Waals surface area (Å²) in [5, 5.41) is 7.91. The number of hydrogen-bond donors (Lipinski definition) is 5. The fraction of sp³-hybridized carbons (Fsp3) is 0.500. The van der Waals surface area contributed by atoms with Crippen molar-refractivity contribution in [3.05, 3.63) is 29.8 Å². The first kappa shape index (κ1) is 21.7. The minimum absolute atomic E-state index is 0.0647. The second kappa shape index (κ2) is 9.97. The SMILES string of the molecule is CC(C)CC(=O)Nc1ccc(C(=O)NCCNP(=O)(O)C(C)S)cc1. The highest BCUT2D eigenvalue weighted by Gasteiger charge is 2.22. The number of nitrogens with one attached hydrogen (secondary N) is 3. The summed E-state index contributed by atoms with van der Waals surface area (Å²) < 4.78 is 11.6. The number of amides is 2. The van der Waals surface area contributed by atoms with E-state index in [1.807, 2.05) is 13.8 Å².